The topological polar surface area (TPSA) is 107 Å². The number of rotatable bonds is 4. The van der Waals surface area contributed by atoms with Crippen LogP contribution < -0.4 is 15.4 Å². The van der Waals surface area contributed by atoms with Crippen LogP contribution >= 0.6 is 12.2 Å². The van der Waals surface area contributed by atoms with Crippen LogP contribution in [0.15, 0.2) is 40.4 Å². The molecule has 2 heterocycles. The molecule has 0 saturated carbocycles. The molecule has 3 rings (SSSR count). The number of nitro groups is 1. The number of furan rings is 1. The molecule has 122 valence electrons. The number of ether oxygens (including phenoxy) is 1. The predicted molar refractivity (Wildman–Crippen MR) is 89.2 cm³/mol. The molecular formula is C15H11N3O5S. The van der Waals surface area contributed by atoms with Gasteiger partial charge in [-0.25, -0.2) is 0 Å². The number of amides is 1. The molecule has 2 N–H and O–H groups in total. The zero-order chi connectivity index (χ0) is 17.3. The quantitative estimate of drug-likeness (QED) is 0.379. The summed E-state index contributed by atoms with van der Waals surface area (Å²) in [6.45, 7) is 0. The third-order valence-corrected chi connectivity index (χ3v) is 3.50. The van der Waals surface area contributed by atoms with Crippen molar-refractivity contribution in [2.75, 3.05) is 7.11 Å². The van der Waals surface area contributed by atoms with Crippen LogP contribution in [0.1, 0.15) is 5.76 Å². The Hall–Kier alpha value is -3.20. The van der Waals surface area contributed by atoms with Crippen molar-refractivity contribution in [2.45, 2.75) is 0 Å². The number of carbonyl (C=O) groups is 1. The van der Waals surface area contributed by atoms with Crippen molar-refractivity contribution in [1.29, 1.82) is 0 Å². The fourth-order valence-corrected chi connectivity index (χ4v) is 2.40. The summed E-state index contributed by atoms with van der Waals surface area (Å²) in [5.41, 5.74) is 0.758. The lowest BCUT2D eigenvalue weighted by Crippen LogP contribution is -2.21. The van der Waals surface area contributed by atoms with Gasteiger partial charge in [-0.1, -0.05) is 0 Å². The van der Waals surface area contributed by atoms with E-state index in [-0.39, 0.29) is 22.4 Å². The molecule has 0 spiro atoms. The summed E-state index contributed by atoms with van der Waals surface area (Å²) in [5, 5.41) is 16.2. The van der Waals surface area contributed by atoms with Crippen LogP contribution in [0.5, 0.6) is 5.75 Å². The normalized spacial score (nSPS) is 15.3. The predicted octanol–water partition coefficient (Wildman–Crippen LogP) is 2.21. The van der Waals surface area contributed by atoms with Crippen molar-refractivity contribution >= 4 is 35.0 Å². The number of hydrogen-bond donors (Lipinski definition) is 2. The summed E-state index contributed by atoms with van der Waals surface area (Å²) in [7, 11) is 1.42. The van der Waals surface area contributed by atoms with Gasteiger partial charge in [0.2, 0.25) is 0 Å². The Bertz CT molecular complexity index is 887. The largest absolute Gasteiger partial charge is 0.496 e. The van der Waals surface area contributed by atoms with Gasteiger partial charge in [-0.15, -0.1) is 0 Å². The van der Waals surface area contributed by atoms with E-state index in [1.54, 1.807) is 18.2 Å². The summed E-state index contributed by atoms with van der Waals surface area (Å²) >= 11 is 4.85. The number of nitro benzene ring substituents is 1. The number of carbonyl (C=O) groups excluding carboxylic acids is 1. The van der Waals surface area contributed by atoms with E-state index in [0.717, 1.165) is 0 Å². The standard InChI is InChI=1S/C15H11N3O5S/c1-22-13-6-8(18(20)21)2-4-10(13)12-5-3-9(23-12)7-11-14(19)17-15(24)16-11/h2-7H,1H3,(H2,16,17,19,24). The highest BCUT2D eigenvalue weighted by atomic mass is 32.1. The van der Waals surface area contributed by atoms with Gasteiger partial charge in [0.25, 0.3) is 11.6 Å². The van der Waals surface area contributed by atoms with E-state index in [0.29, 0.717) is 22.8 Å². The molecule has 0 bridgehead atoms. The lowest BCUT2D eigenvalue weighted by Gasteiger charge is -2.05. The summed E-state index contributed by atoms with van der Waals surface area (Å²) < 4.78 is 10.9. The number of hydrogen-bond acceptors (Lipinski definition) is 6. The maximum atomic E-state index is 11.6. The molecule has 1 aromatic carbocycles. The highest BCUT2D eigenvalue weighted by Gasteiger charge is 2.21. The first-order chi connectivity index (χ1) is 11.5. The van der Waals surface area contributed by atoms with Crippen LogP contribution in [-0.4, -0.2) is 23.1 Å². The van der Waals surface area contributed by atoms with E-state index in [9.17, 15) is 14.9 Å². The zero-order valence-electron chi connectivity index (χ0n) is 12.4. The highest BCUT2D eigenvalue weighted by molar-refractivity contribution is 7.80. The van der Waals surface area contributed by atoms with E-state index in [4.69, 9.17) is 21.4 Å². The third kappa shape index (κ3) is 2.97. The summed E-state index contributed by atoms with van der Waals surface area (Å²) in [6, 6.07) is 7.58. The van der Waals surface area contributed by atoms with Gasteiger partial charge >= 0.3 is 0 Å². The van der Waals surface area contributed by atoms with Crippen molar-refractivity contribution in [3.05, 3.63) is 51.9 Å². The number of thiocarbonyl (C=S) groups is 1. The van der Waals surface area contributed by atoms with Gasteiger partial charge < -0.3 is 14.5 Å². The van der Waals surface area contributed by atoms with E-state index >= 15 is 0 Å². The van der Waals surface area contributed by atoms with Gasteiger partial charge in [0, 0.05) is 12.1 Å². The van der Waals surface area contributed by atoms with E-state index in [1.165, 1.54) is 25.3 Å². The highest BCUT2D eigenvalue weighted by Crippen LogP contribution is 2.34. The molecule has 2 aromatic rings. The lowest BCUT2D eigenvalue weighted by molar-refractivity contribution is -0.384. The molecular weight excluding hydrogens is 334 g/mol. The fourth-order valence-electron chi connectivity index (χ4n) is 2.20. The fraction of sp³-hybridized carbons (Fsp3) is 0.0667. The van der Waals surface area contributed by atoms with Crippen LogP contribution in [0, 0.1) is 10.1 Å². The van der Waals surface area contributed by atoms with Gasteiger partial charge in [-0.3, -0.25) is 20.2 Å². The van der Waals surface area contributed by atoms with Crippen LogP contribution in [0.3, 0.4) is 0 Å². The van der Waals surface area contributed by atoms with Crippen molar-refractivity contribution in [3.63, 3.8) is 0 Å². The minimum atomic E-state index is -0.502. The average molecular weight is 345 g/mol. The molecule has 1 amide bonds. The van der Waals surface area contributed by atoms with Crippen molar-refractivity contribution < 1.29 is 18.9 Å². The number of methoxy groups -OCH3 is 1. The summed E-state index contributed by atoms with van der Waals surface area (Å²) in [6.07, 6.45) is 1.51. The second kappa shape index (κ2) is 6.13. The van der Waals surface area contributed by atoms with Gasteiger partial charge in [0.1, 0.15) is 23.0 Å². The molecule has 1 saturated heterocycles. The van der Waals surface area contributed by atoms with Crippen LogP contribution in [-0.2, 0) is 4.79 Å². The Morgan fingerprint density at radius 1 is 1.29 bits per heavy atom. The van der Waals surface area contributed by atoms with Gasteiger partial charge in [-0.05, 0) is 30.4 Å². The molecule has 0 radical (unpaired) electrons. The number of nitrogens with one attached hydrogen (secondary N) is 2. The molecule has 0 aliphatic carbocycles. The van der Waals surface area contributed by atoms with Gasteiger partial charge in [0.05, 0.1) is 23.7 Å². The smallest absolute Gasteiger partial charge is 0.274 e. The van der Waals surface area contributed by atoms with Crippen molar-refractivity contribution in [1.82, 2.24) is 10.6 Å². The Labute approximate surface area is 141 Å². The van der Waals surface area contributed by atoms with E-state index in [1.807, 2.05) is 0 Å². The maximum absolute atomic E-state index is 11.6. The minimum absolute atomic E-state index is 0.0789. The Morgan fingerprint density at radius 3 is 2.71 bits per heavy atom. The second-order valence-electron chi connectivity index (χ2n) is 4.81. The molecule has 0 unspecified atom stereocenters. The summed E-state index contributed by atoms with van der Waals surface area (Å²) in [4.78, 5) is 21.9. The summed E-state index contributed by atoms with van der Waals surface area (Å²) in [5.74, 6) is 0.851. The van der Waals surface area contributed by atoms with Crippen LogP contribution in [0.4, 0.5) is 5.69 Å². The molecule has 1 aliphatic heterocycles. The van der Waals surface area contributed by atoms with Gasteiger partial charge in [-0.2, -0.15) is 0 Å². The van der Waals surface area contributed by atoms with Gasteiger partial charge in [0.15, 0.2) is 5.11 Å². The van der Waals surface area contributed by atoms with Crippen molar-refractivity contribution in [3.8, 4) is 17.1 Å². The number of nitrogens with zero attached hydrogens (tertiary/aromatic N) is 1. The van der Waals surface area contributed by atoms with E-state index < -0.39 is 4.92 Å². The van der Waals surface area contributed by atoms with Crippen molar-refractivity contribution in [2.24, 2.45) is 0 Å². The van der Waals surface area contributed by atoms with Crippen LogP contribution in [0.25, 0.3) is 17.4 Å². The minimum Gasteiger partial charge on any atom is -0.496 e. The van der Waals surface area contributed by atoms with Crippen LogP contribution in [0.2, 0.25) is 0 Å². The molecule has 1 fully saturated rings. The lowest BCUT2D eigenvalue weighted by atomic mass is 10.1. The molecule has 1 aliphatic rings. The average Bonchev–Trinajstić information content (AvgIpc) is 3.13. The monoisotopic (exact) mass is 345 g/mol. The Balaban J connectivity index is 1.94. The first kappa shape index (κ1) is 15.7. The molecule has 9 heteroatoms. The molecule has 0 atom stereocenters. The molecule has 8 nitrogen and oxygen atoms in total. The number of benzene rings is 1. The number of non-ortho nitro benzene ring substituents is 1. The maximum Gasteiger partial charge on any atom is 0.274 e. The second-order valence-corrected chi connectivity index (χ2v) is 5.22. The third-order valence-electron chi connectivity index (χ3n) is 3.29. The Kier molecular flexibility index (Phi) is 4.00. The van der Waals surface area contributed by atoms with E-state index in [2.05, 4.69) is 10.6 Å². The zero-order valence-corrected chi connectivity index (χ0v) is 13.2. The Morgan fingerprint density at radius 2 is 2.08 bits per heavy atom. The molecule has 1 aromatic heterocycles. The SMILES string of the molecule is COc1cc([N+](=O)[O-])ccc1-c1ccc(C=C2NC(=S)NC2=O)o1. The first-order valence-corrected chi connectivity index (χ1v) is 7.15. The molecule has 24 heavy (non-hydrogen) atoms. The first-order valence-electron chi connectivity index (χ1n) is 6.74.